The van der Waals surface area contributed by atoms with E-state index in [1.54, 1.807) is 12.1 Å². The van der Waals surface area contributed by atoms with E-state index in [0.717, 1.165) is 16.5 Å². The first kappa shape index (κ1) is 20.7. The van der Waals surface area contributed by atoms with Crippen molar-refractivity contribution in [1.82, 2.24) is 9.78 Å². The van der Waals surface area contributed by atoms with Gasteiger partial charge in [-0.1, -0.05) is 60.1 Å². The predicted octanol–water partition coefficient (Wildman–Crippen LogP) is 5.83. The number of carbonyl (C=O) groups excluding carboxylic acids is 1. The Kier molecular flexibility index (Phi) is 5.28. The molecule has 0 aliphatic heterocycles. The van der Waals surface area contributed by atoms with Crippen LogP contribution in [0.5, 0.6) is 5.75 Å². The third-order valence-electron chi connectivity index (χ3n) is 5.21. The van der Waals surface area contributed by atoms with Crippen molar-refractivity contribution in [3.05, 3.63) is 112 Å². The molecule has 0 radical (unpaired) electrons. The molecule has 0 aliphatic carbocycles. The zero-order valence-corrected chi connectivity index (χ0v) is 18.2. The molecule has 0 unspecified atom stereocenters. The number of esters is 1. The second kappa shape index (κ2) is 8.41. The van der Waals surface area contributed by atoms with Crippen molar-refractivity contribution in [2.24, 2.45) is 0 Å². The summed E-state index contributed by atoms with van der Waals surface area (Å²) in [6.45, 7) is 1.81. The maximum atomic E-state index is 13.3. The minimum Gasteiger partial charge on any atom is -0.423 e. The lowest BCUT2D eigenvalue weighted by molar-refractivity contribution is 0.0736. The van der Waals surface area contributed by atoms with Gasteiger partial charge < -0.3 is 9.15 Å². The number of ether oxygens (including phenoxy) is 1. The number of halogens is 1. The lowest BCUT2D eigenvalue weighted by Crippen LogP contribution is -2.10. The third kappa shape index (κ3) is 3.92. The Morgan fingerprint density at radius 1 is 0.970 bits per heavy atom. The van der Waals surface area contributed by atoms with Crippen LogP contribution in [-0.4, -0.2) is 15.7 Å². The highest BCUT2D eigenvalue weighted by Gasteiger charge is 2.26. The Morgan fingerprint density at radius 2 is 1.67 bits per heavy atom. The van der Waals surface area contributed by atoms with E-state index in [1.807, 2.05) is 67.6 Å². The summed E-state index contributed by atoms with van der Waals surface area (Å²) in [6.07, 6.45) is 0. The number of nitrogens with zero attached hydrogens (tertiary/aromatic N) is 2. The van der Waals surface area contributed by atoms with Crippen LogP contribution in [0.15, 0.2) is 94.1 Å². The molecule has 0 saturated carbocycles. The molecule has 0 amide bonds. The van der Waals surface area contributed by atoms with Gasteiger partial charge in [0, 0.05) is 23.1 Å². The molecule has 0 N–H and O–H groups in total. The highest BCUT2D eigenvalue weighted by atomic mass is 35.5. The van der Waals surface area contributed by atoms with Gasteiger partial charge in [-0.25, -0.2) is 14.3 Å². The van der Waals surface area contributed by atoms with Gasteiger partial charge in [0.05, 0.1) is 5.69 Å². The third-order valence-corrected chi connectivity index (χ3v) is 5.56. The standard InChI is InChI=1S/C26H17ClN2O4/c1-16-14-22(30)33-21-15-19(12-13-20(16)21)32-26(31)23-24(17-8-4-2-5-9-17)28-29(25(23)27)18-10-6-3-7-11-18/h2-15H,1H3. The number of fused-ring (bicyclic) bond motifs is 1. The maximum absolute atomic E-state index is 13.3. The van der Waals surface area contributed by atoms with Gasteiger partial charge in [0.25, 0.3) is 0 Å². The number of hydrogen-bond donors (Lipinski definition) is 0. The van der Waals surface area contributed by atoms with E-state index in [2.05, 4.69) is 5.10 Å². The average Bonchev–Trinajstić information content (AvgIpc) is 3.17. The van der Waals surface area contributed by atoms with E-state index >= 15 is 0 Å². The van der Waals surface area contributed by atoms with Crippen LogP contribution in [0.25, 0.3) is 27.9 Å². The molecule has 5 rings (SSSR count). The van der Waals surface area contributed by atoms with Gasteiger partial charge in [0.15, 0.2) is 0 Å². The first-order valence-corrected chi connectivity index (χ1v) is 10.5. The summed E-state index contributed by atoms with van der Waals surface area (Å²) in [7, 11) is 0. The van der Waals surface area contributed by atoms with Crippen LogP contribution in [-0.2, 0) is 0 Å². The molecule has 0 atom stereocenters. The molecule has 33 heavy (non-hydrogen) atoms. The Bertz CT molecular complexity index is 1540. The molecule has 2 aromatic heterocycles. The van der Waals surface area contributed by atoms with Crippen LogP contribution in [0.1, 0.15) is 15.9 Å². The predicted molar refractivity (Wildman–Crippen MR) is 126 cm³/mol. The number of aromatic nitrogens is 2. The molecule has 7 heteroatoms. The maximum Gasteiger partial charge on any atom is 0.349 e. The zero-order valence-electron chi connectivity index (χ0n) is 17.5. The van der Waals surface area contributed by atoms with E-state index in [0.29, 0.717) is 17.0 Å². The van der Waals surface area contributed by atoms with Gasteiger partial charge in [0.1, 0.15) is 27.7 Å². The Morgan fingerprint density at radius 3 is 2.39 bits per heavy atom. The lowest BCUT2D eigenvalue weighted by Gasteiger charge is -2.07. The average molecular weight is 457 g/mol. The lowest BCUT2D eigenvalue weighted by atomic mass is 10.1. The van der Waals surface area contributed by atoms with Crippen molar-refractivity contribution < 1.29 is 13.9 Å². The number of carbonyl (C=O) groups is 1. The summed E-state index contributed by atoms with van der Waals surface area (Å²) in [4.78, 5) is 25.0. The number of benzene rings is 3. The number of para-hydroxylation sites is 1. The molecule has 0 spiro atoms. The molecule has 0 bridgehead atoms. The quantitative estimate of drug-likeness (QED) is 0.193. The Balaban J connectivity index is 1.59. The molecule has 3 aromatic carbocycles. The Labute approximate surface area is 193 Å². The second-order valence-corrected chi connectivity index (χ2v) is 7.78. The molecule has 0 fully saturated rings. The SMILES string of the molecule is Cc1cc(=O)oc2cc(OC(=O)c3c(-c4ccccc4)nn(-c4ccccc4)c3Cl)ccc12. The molecule has 2 heterocycles. The zero-order chi connectivity index (χ0) is 22.9. The summed E-state index contributed by atoms with van der Waals surface area (Å²) in [5, 5.41) is 5.50. The first-order valence-electron chi connectivity index (χ1n) is 10.2. The largest absolute Gasteiger partial charge is 0.423 e. The van der Waals surface area contributed by atoms with Crippen molar-refractivity contribution in [1.29, 1.82) is 0 Å². The van der Waals surface area contributed by atoms with Crippen LogP contribution in [0.4, 0.5) is 0 Å². The van der Waals surface area contributed by atoms with Crippen LogP contribution >= 0.6 is 11.6 Å². The minimum absolute atomic E-state index is 0.133. The smallest absolute Gasteiger partial charge is 0.349 e. The molecule has 6 nitrogen and oxygen atoms in total. The van der Waals surface area contributed by atoms with Crippen LogP contribution < -0.4 is 10.4 Å². The van der Waals surface area contributed by atoms with E-state index < -0.39 is 11.6 Å². The molecule has 0 aliphatic rings. The van der Waals surface area contributed by atoms with Crippen LogP contribution in [0, 0.1) is 6.92 Å². The summed E-state index contributed by atoms with van der Waals surface area (Å²) in [6, 6.07) is 24.9. The van der Waals surface area contributed by atoms with Gasteiger partial charge in [-0.3, -0.25) is 0 Å². The number of aryl methyl sites for hydroxylation is 1. The van der Waals surface area contributed by atoms with Crippen LogP contribution in [0.2, 0.25) is 5.15 Å². The van der Waals surface area contributed by atoms with E-state index in [9.17, 15) is 9.59 Å². The molecule has 0 saturated heterocycles. The Hall–Kier alpha value is -4.16. The van der Waals surface area contributed by atoms with Gasteiger partial charge in [0.2, 0.25) is 0 Å². The second-order valence-electron chi connectivity index (χ2n) is 7.42. The van der Waals surface area contributed by atoms with E-state index in [1.165, 1.54) is 16.8 Å². The van der Waals surface area contributed by atoms with Crippen molar-refractivity contribution in [3.8, 4) is 22.7 Å². The summed E-state index contributed by atoms with van der Waals surface area (Å²) < 4.78 is 12.4. The summed E-state index contributed by atoms with van der Waals surface area (Å²) in [5.74, 6) is -0.445. The van der Waals surface area contributed by atoms with Gasteiger partial charge >= 0.3 is 11.6 Å². The monoisotopic (exact) mass is 456 g/mol. The van der Waals surface area contributed by atoms with E-state index in [4.69, 9.17) is 20.8 Å². The number of hydrogen-bond acceptors (Lipinski definition) is 5. The fraction of sp³-hybridized carbons (Fsp3) is 0.0385. The normalized spacial score (nSPS) is 11.0. The minimum atomic E-state index is -0.671. The molecule has 162 valence electrons. The number of rotatable bonds is 4. The molecular weight excluding hydrogens is 440 g/mol. The van der Waals surface area contributed by atoms with Gasteiger partial charge in [-0.05, 0) is 36.8 Å². The molecule has 5 aromatic rings. The first-order chi connectivity index (χ1) is 16.0. The fourth-order valence-corrected chi connectivity index (χ4v) is 3.95. The highest BCUT2D eigenvalue weighted by molar-refractivity contribution is 6.33. The van der Waals surface area contributed by atoms with E-state index in [-0.39, 0.29) is 16.5 Å². The van der Waals surface area contributed by atoms with Crippen molar-refractivity contribution in [3.63, 3.8) is 0 Å². The van der Waals surface area contributed by atoms with Crippen molar-refractivity contribution >= 4 is 28.5 Å². The summed E-state index contributed by atoms with van der Waals surface area (Å²) >= 11 is 6.65. The van der Waals surface area contributed by atoms with Gasteiger partial charge in [-0.2, -0.15) is 5.10 Å². The van der Waals surface area contributed by atoms with Crippen molar-refractivity contribution in [2.45, 2.75) is 6.92 Å². The van der Waals surface area contributed by atoms with Crippen LogP contribution in [0.3, 0.4) is 0 Å². The molecular formula is C26H17ClN2O4. The van der Waals surface area contributed by atoms with Gasteiger partial charge in [-0.15, -0.1) is 0 Å². The topological polar surface area (TPSA) is 74.3 Å². The highest BCUT2D eigenvalue weighted by Crippen LogP contribution is 2.32. The van der Waals surface area contributed by atoms with Crippen molar-refractivity contribution in [2.75, 3.05) is 0 Å². The summed E-state index contributed by atoms with van der Waals surface area (Å²) in [5.41, 5.74) is 2.61. The fourth-order valence-electron chi connectivity index (χ4n) is 3.64.